The number of carbonyl (C=O) groups is 1. The third-order valence-corrected chi connectivity index (χ3v) is 7.56. The molecule has 2 aromatic carbocycles. The van der Waals surface area contributed by atoms with Gasteiger partial charge in [-0.25, -0.2) is 8.42 Å². The maximum atomic E-state index is 12.5. The molecule has 0 bridgehead atoms. The van der Waals surface area contributed by atoms with Crippen molar-refractivity contribution >= 4 is 15.9 Å². The molecular formula is C22H26N2O4S. The van der Waals surface area contributed by atoms with E-state index in [0.29, 0.717) is 19.5 Å². The van der Waals surface area contributed by atoms with E-state index in [2.05, 4.69) is 0 Å². The summed E-state index contributed by atoms with van der Waals surface area (Å²) in [5, 5.41) is 9.97. The molecule has 7 heteroatoms. The van der Waals surface area contributed by atoms with Gasteiger partial charge >= 0.3 is 0 Å². The first-order valence-corrected chi connectivity index (χ1v) is 11.7. The highest BCUT2D eigenvalue weighted by Crippen LogP contribution is 2.55. The first-order valence-electron chi connectivity index (χ1n) is 9.85. The highest BCUT2D eigenvalue weighted by molar-refractivity contribution is 7.88. The van der Waals surface area contributed by atoms with E-state index in [9.17, 15) is 18.3 Å². The van der Waals surface area contributed by atoms with E-state index in [0.717, 1.165) is 16.7 Å². The lowest BCUT2D eigenvalue weighted by atomic mass is 9.62. The molecule has 2 fully saturated rings. The van der Waals surface area contributed by atoms with E-state index in [-0.39, 0.29) is 18.4 Å². The highest BCUT2D eigenvalue weighted by atomic mass is 32.2. The number of hydrogen-bond acceptors (Lipinski definition) is 4. The number of rotatable bonds is 5. The van der Waals surface area contributed by atoms with Crippen molar-refractivity contribution in [1.82, 2.24) is 9.21 Å². The largest absolute Gasteiger partial charge is 0.395 e. The van der Waals surface area contributed by atoms with Crippen LogP contribution in [0.25, 0.3) is 11.1 Å². The van der Waals surface area contributed by atoms with Crippen LogP contribution >= 0.6 is 0 Å². The Morgan fingerprint density at radius 2 is 1.66 bits per heavy atom. The van der Waals surface area contributed by atoms with Crippen molar-refractivity contribution in [2.45, 2.75) is 30.8 Å². The Kier molecular flexibility index (Phi) is 5.01. The summed E-state index contributed by atoms with van der Waals surface area (Å²) in [6, 6.07) is 17.6. The van der Waals surface area contributed by atoms with Gasteiger partial charge in [-0.3, -0.25) is 4.79 Å². The zero-order chi connectivity index (χ0) is 20.8. The standard InChI is InChI=1S/C22H26N2O4S/c1-3-20(26)23-14-22(15-23)21(19(13-25)24(22)29(2,27)28)18-11-9-17(10-12-18)16-7-5-4-6-8-16/h4-12,19,21,25H,3,13-15H2,1-2H3/t19-,21+/m0/s1. The number of sulfonamides is 1. The Balaban J connectivity index is 1.67. The minimum Gasteiger partial charge on any atom is -0.395 e. The van der Waals surface area contributed by atoms with E-state index in [1.807, 2.05) is 54.6 Å². The van der Waals surface area contributed by atoms with E-state index < -0.39 is 21.6 Å². The van der Waals surface area contributed by atoms with Crippen molar-refractivity contribution in [1.29, 1.82) is 0 Å². The van der Waals surface area contributed by atoms with Crippen LogP contribution in [0.5, 0.6) is 0 Å². The van der Waals surface area contributed by atoms with Gasteiger partial charge in [-0.05, 0) is 16.7 Å². The minimum atomic E-state index is -3.51. The number of aliphatic hydroxyl groups is 1. The summed E-state index contributed by atoms with van der Waals surface area (Å²) in [6.07, 6.45) is 1.57. The molecule has 2 aliphatic heterocycles. The van der Waals surface area contributed by atoms with Gasteiger partial charge in [0.2, 0.25) is 15.9 Å². The summed E-state index contributed by atoms with van der Waals surface area (Å²) < 4.78 is 26.4. The molecule has 2 aliphatic rings. The third-order valence-electron chi connectivity index (χ3n) is 6.21. The van der Waals surface area contributed by atoms with Gasteiger partial charge in [0.15, 0.2) is 0 Å². The van der Waals surface area contributed by atoms with Gasteiger partial charge in [0.05, 0.1) is 24.4 Å². The number of benzene rings is 2. The second-order valence-corrected chi connectivity index (χ2v) is 9.84. The number of carbonyl (C=O) groups excluding carboxylic acids is 1. The van der Waals surface area contributed by atoms with E-state index in [1.54, 1.807) is 11.8 Å². The molecule has 2 atom stereocenters. The number of aliphatic hydroxyl groups excluding tert-OH is 1. The van der Waals surface area contributed by atoms with Gasteiger partial charge in [0.1, 0.15) is 0 Å². The normalized spacial score (nSPS) is 23.5. The average Bonchev–Trinajstić information content (AvgIpc) is 2.66. The molecule has 6 nitrogen and oxygen atoms in total. The Morgan fingerprint density at radius 3 is 2.17 bits per heavy atom. The molecule has 2 aromatic rings. The maximum absolute atomic E-state index is 12.5. The van der Waals surface area contributed by atoms with Crippen molar-refractivity contribution in [2.75, 3.05) is 26.0 Å². The average molecular weight is 415 g/mol. The molecule has 0 aliphatic carbocycles. The molecule has 1 spiro atoms. The second kappa shape index (κ2) is 7.23. The van der Waals surface area contributed by atoms with Gasteiger partial charge in [0, 0.05) is 25.4 Å². The van der Waals surface area contributed by atoms with E-state index in [4.69, 9.17) is 0 Å². The topological polar surface area (TPSA) is 77.9 Å². The summed E-state index contributed by atoms with van der Waals surface area (Å²) in [7, 11) is -3.51. The molecule has 0 unspecified atom stereocenters. The lowest BCUT2D eigenvalue weighted by Crippen LogP contribution is -2.85. The zero-order valence-electron chi connectivity index (χ0n) is 16.7. The monoisotopic (exact) mass is 414 g/mol. The van der Waals surface area contributed by atoms with E-state index in [1.165, 1.54) is 10.6 Å². The van der Waals surface area contributed by atoms with Gasteiger partial charge < -0.3 is 10.0 Å². The molecule has 0 aromatic heterocycles. The number of nitrogens with zero attached hydrogens (tertiary/aromatic N) is 2. The van der Waals surface area contributed by atoms with Crippen LogP contribution in [0, 0.1) is 0 Å². The fourth-order valence-electron chi connectivity index (χ4n) is 5.03. The molecule has 1 N–H and O–H groups in total. The molecule has 154 valence electrons. The van der Waals surface area contributed by atoms with Crippen molar-refractivity contribution in [2.24, 2.45) is 0 Å². The van der Waals surface area contributed by atoms with Gasteiger partial charge in [-0.15, -0.1) is 0 Å². The van der Waals surface area contributed by atoms with Crippen LogP contribution < -0.4 is 0 Å². The molecule has 2 saturated heterocycles. The smallest absolute Gasteiger partial charge is 0.222 e. The predicted octanol–water partition coefficient (Wildman–Crippen LogP) is 2.06. The van der Waals surface area contributed by atoms with Crippen molar-refractivity contribution in [3.05, 3.63) is 60.2 Å². The Labute approximate surface area is 171 Å². The van der Waals surface area contributed by atoms with Gasteiger partial charge in [0.25, 0.3) is 0 Å². The predicted molar refractivity (Wildman–Crippen MR) is 112 cm³/mol. The molecule has 0 radical (unpaired) electrons. The molecule has 1 amide bonds. The SMILES string of the molecule is CCC(=O)N1CC2(C1)[C@H](c1ccc(-c3ccccc3)cc1)[C@H](CO)N2S(C)(=O)=O. The molecular weight excluding hydrogens is 388 g/mol. The fourth-order valence-corrected chi connectivity index (χ4v) is 6.60. The Bertz CT molecular complexity index is 999. The van der Waals surface area contributed by atoms with Crippen LogP contribution in [0.4, 0.5) is 0 Å². The highest BCUT2D eigenvalue weighted by Gasteiger charge is 2.69. The second-order valence-electron chi connectivity index (χ2n) is 7.98. The van der Waals surface area contributed by atoms with Gasteiger partial charge in [-0.1, -0.05) is 61.5 Å². The molecule has 2 heterocycles. The van der Waals surface area contributed by atoms with Crippen LogP contribution in [-0.4, -0.2) is 66.2 Å². The van der Waals surface area contributed by atoms with Gasteiger partial charge in [-0.2, -0.15) is 4.31 Å². The molecule has 29 heavy (non-hydrogen) atoms. The van der Waals surface area contributed by atoms with Crippen LogP contribution in [-0.2, 0) is 14.8 Å². The summed E-state index contributed by atoms with van der Waals surface area (Å²) in [6.45, 7) is 2.29. The summed E-state index contributed by atoms with van der Waals surface area (Å²) in [4.78, 5) is 13.8. The first kappa shape index (κ1) is 20.1. The van der Waals surface area contributed by atoms with E-state index >= 15 is 0 Å². The minimum absolute atomic E-state index is 0.0229. The zero-order valence-corrected chi connectivity index (χ0v) is 17.5. The third kappa shape index (κ3) is 3.17. The summed E-state index contributed by atoms with van der Waals surface area (Å²) in [5.74, 6) is -0.123. The van der Waals surface area contributed by atoms with Crippen molar-refractivity contribution in [3.8, 4) is 11.1 Å². The quantitative estimate of drug-likeness (QED) is 0.813. The van der Waals surface area contributed by atoms with Crippen LogP contribution in [0.15, 0.2) is 54.6 Å². The van der Waals surface area contributed by atoms with Crippen molar-refractivity contribution < 1.29 is 18.3 Å². The van der Waals surface area contributed by atoms with Crippen LogP contribution in [0.2, 0.25) is 0 Å². The van der Waals surface area contributed by atoms with Crippen LogP contribution in [0.3, 0.4) is 0 Å². The number of likely N-dealkylation sites (tertiary alicyclic amines) is 1. The Morgan fingerprint density at radius 1 is 1.07 bits per heavy atom. The first-order chi connectivity index (χ1) is 13.8. The maximum Gasteiger partial charge on any atom is 0.222 e. The summed E-state index contributed by atoms with van der Waals surface area (Å²) in [5.41, 5.74) is 2.52. The Hall–Kier alpha value is -2.22. The summed E-state index contributed by atoms with van der Waals surface area (Å²) >= 11 is 0. The van der Waals surface area contributed by atoms with Crippen molar-refractivity contribution in [3.63, 3.8) is 0 Å². The lowest BCUT2D eigenvalue weighted by Gasteiger charge is -2.69. The molecule has 4 rings (SSSR count). The fraction of sp³-hybridized carbons (Fsp3) is 0.409. The number of amides is 1. The number of hydrogen-bond donors (Lipinski definition) is 1. The lowest BCUT2D eigenvalue weighted by molar-refractivity contribution is -0.167. The molecule has 0 saturated carbocycles. The van der Waals surface area contributed by atoms with Crippen LogP contribution in [0.1, 0.15) is 24.8 Å².